The van der Waals surface area contributed by atoms with Crippen LogP contribution < -0.4 is 11.1 Å². The van der Waals surface area contributed by atoms with Crippen LogP contribution >= 0.6 is 23.2 Å². The molecule has 3 N–H and O–H groups in total. The Morgan fingerprint density at radius 1 is 1.29 bits per heavy atom. The molecule has 0 saturated carbocycles. The van der Waals surface area contributed by atoms with Gasteiger partial charge in [-0.2, -0.15) is 0 Å². The number of nitrogens with zero attached hydrogens (tertiary/aromatic N) is 2. The molecular weight excluding hydrogens is 263 g/mol. The molecular formula is C10H10Cl2N4O. The van der Waals surface area contributed by atoms with Crippen LogP contribution in [-0.2, 0) is 6.42 Å². The van der Waals surface area contributed by atoms with Crippen molar-refractivity contribution in [3.63, 3.8) is 0 Å². The maximum absolute atomic E-state index is 6.03. The zero-order valence-corrected chi connectivity index (χ0v) is 10.3. The molecule has 0 saturated heterocycles. The first-order valence-electron chi connectivity index (χ1n) is 4.92. The molecule has 0 aliphatic carbocycles. The molecule has 90 valence electrons. The number of hydrogen-bond acceptors (Lipinski definition) is 5. The molecule has 0 aliphatic rings. The molecule has 0 fully saturated rings. The van der Waals surface area contributed by atoms with Crippen molar-refractivity contribution in [1.29, 1.82) is 0 Å². The lowest BCUT2D eigenvalue weighted by Crippen LogP contribution is -2.05. The summed E-state index contributed by atoms with van der Waals surface area (Å²) >= 11 is 11.8. The Morgan fingerprint density at radius 3 is 2.76 bits per heavy atom. The lowest BCUT2D eigenvalue weighted by atomic mass is 10.1. The van der Waals surface area contributed by atoms with Gasteiger partial charge < -0.3 is 15.5 Å². The third-order valence-corrected chi connectivity index (χ3v) is 2.71. The minimum absolute atomic E-state index is 0.0389. The first-order valence-corrected chi connectivity index (χ1v) is 5.67. The standard InChI is InChI=1S/C10H10Cl2N4O/c11-7-2-1-6(8(12)5-7)3-4-14-10-16-15-9(13)17-10/h1-2,5H,3-4H2,(H2,13,15)(H,14,16). The normalized spacial score (nSPS) is 10.5. The fourth-order valence-electron chi connectivity index (χ4n) is 1.33. The van der Waals surface area contributed by atoms with Crippen molar-refractivity contribution >= 4 is 35.2 Å². The summed E-state index contributed by atoms with van der Waals surface area (Å²) in [4.78, 5) is 0. The maximum atomic E-state index is 6.03. The van der Waals surface area contributed by atoms with E-state index in [2.05, 4.69) is 15.5 Å². The molecule has 17 heavy (non-hydrogen) atoms. The van der Waals surface area contributed by atoms with Crippen molar-refractivity contribution in [2.24, 2.45) is 0 Å². The van der Waals surface area contributed by atoms with Gasteiger partial charge in [0, 0.05) is 16.6 Å². The molecule has 5 nitrogen and oxygen atoms in total. The molecule has 0 spiro atoms. The van der Waals surface area contributed by atoms with Crippen LogP contribution in [0, 0.1) is 0 Å². The van der Waals surface area contributed by atoms with Crippen molar-refractivity contribution < 1.29 is 4.42 Å². The van der Waals surface area contributed by atoms with E-state index in [1.54, 1.807) is 12.1 Å². The molecule has 2 rings (SSSR count). The Morgan fingerprint density at radius 2 is 2.12 bits per heavy atom. The van der Waals surface area contributed by atoms with Gasteiger partial charge >= 0.3 is 12.0 Å². The topological polar surface area (TPSA) is 77.0 Å². The predicted molar refractivity (Wildman–Crippen MR) is 67.4 cm³/mol. The Balaban J connectivity index is 1.90. The van der Waals surface area contributed by atoms with Crippen molar-refractivity contribution in [2.75, 3.05) is 17.6 Å². The van der Waals surface area contributed by atoms with Crippen LogP contribution in [-0.4, -0.2) is 16.7 Å². The number of aromatic nitrogens is 2. The zero-order chi connectivity index (χ0) is 12.3. The summed E-state index contributed by atoms with van der Waals surface area (Å²) in [7, 11) is 0. The van der Waals surface area contributed by atoms with Crippen LogP contribution in [0.4, 0.5) is 12.0 Å². The van der Waals surface area contributed by atoms with Gasteiger partial charge in [-0.25, -0.2) is 0 Å². The summed E-state index contributed by atoms with van der Waals surface area (Å²) in [5, 5.41) is 11.4. The van der Waals surface area contributed by atoms with Gasteiger partial charge in [0.1, 0.15) is 0 Å². The highest BCUT2D eigenvalue weighted by molar-refractivity contribution is 6.35. The summed E-state index contributed by atoms with van der Waals surface area (Å²) in [5.41, 5.74) is 6.28. The largest absolute Gasteiger partial charge is 0.390 e. The van der Waals surface area contributed by atoms with Crippen molar-refractivity contribution in [2.45, 2.75) is 6.42 Å². The predicted octanol–water partition coefficient (Wildman–Crippen LogP) is 2.61. The number of rotatable bonds is 4. The zero-order valence-electron chi connectivity index (χ0n) is 8.78. The van der Waals surface area contributed by atoms with E-state index in [0.29, 0.717) is 22.6 Å². The van der Waals surface area contributed by atoms with Gasteiger partial charge in [-0.1, -0.05) is 39.5 Å². The first kappa shape index (κ1) is 12.0. The highest BCUT2D eigenvalue weighted by Crippen LogP contribution is 2.21. The van der Waals surface area contributed by atoms with Gasteiger partial charge in [-0.15, -0.1) is 0 Å². The van der Waals surface area contributed by atoms with Crippen LogP contribution in [0.25, 0.3) is 0 Å². The molecule has 0 radical (unpaired) electrons. The number of nitrogens with two attached hydrogens (primary N) is 1. The van der Waals surface area contributed by atoms with E-state index in [0.717, 1.165) is 12.0 Å². The summed E-state index contributed by atoms with van der Waals surface area (Å²) in [6, 6.07) is 5.73. The SMILES string of the molecule is Nc1nnc(NCCc2ccc(Cl)cc2Cl)o1. The second-order valence-corrected chi connectivity index (χ2v) is 4.20. The average Bonchev–Trinajstić information content (AvgIpc) is 2.68. The Hall–Kier alpha value is -1.46. The van der Waals surface area contributed by atoms with E-state index >= 15 is 0 Å². The third-order valence-electron chi connectivity index (χ3n) is 2.13. The number of nitrogen functional groups attached to an aromatic ring is 1. The summed E-state index contributed by atoms with van der Waals surface area (Å²) in [6.07, 6.45) is 0.721. The van der Waals surface area contributed by atoms with E-state index < -0.39 is 0 Å². The van der Waals surface area contributed by atoms with Crippen LogP contribution in [0.1, 0.15) is 5.56 Å². The molecule has 1 aromatic heterocycles. The average molecular weight is 273 g/mol. The smallest absolute Gasteiger partial charge is 0.316 e. The molecule has 7 heteroatoms. The molecule has 0 unspecified atom stereocenters. The van der Waals surface area contributed by atoms with E-state index in [9.17, 15) is 0 Å². The van der Waals surface area contributed by atoms with Gasteiger partial charge in [-0.3, -0.25) is 0 Å². The van der Waals surface area contributed by atoms with E-state index in [1.165, 1.54) is 0 Å². The van der Waals surface area contributed by atoms with E-state index in [-0.39, 0.29) is 6.01 Å². The molecule has 0 aliphatic heterocycles. The number of hydrogen-bond donors (Lipinski definition) is 2. The molecule has 2 aromatic rings. The molecule has 1 heterocycles. The minimum atomic E-state index is 0.0389. The van der Waals surface area contributed by atoms with Crippen LogP contribution in [0.3, 0.4) is 0 Å². The minimum Gasteiger partial charge on any atom is -0.390 e. The lowest BCUT2D eigenvalue weighted by Gasteiger charge is -2.04. The molecule has 0 amide bonds. The second-order valence-electron chi connectivity index (χ2n) is 3.36. The second kappa shape index (κ2) is 5.25. The Kier molecular flexibility index (Phi) is 3.71. The van der Waals surface area contributed by atoms with Gasteiger partial charge in [0.2, 0.25) is 0 Å². The van der Waals surface area contributed by atoms with Gasteiger partial charge in [0.25, 0.3) is 0 Å². The lowest BCUT2D eigenvalue weighted by molar-refractivity contribution is 0.586. The quantitative estimate of drug-likeness (QED) is 0.895. The van der Waals surface area contributed by atoms with Crippen LogP contribution in [0.2, 0.25) is 10.0 Å². The fraction of sp³-hybridized carbons (Fsp3) is 0.200. The van der Waals surface area contributed by atoms with Crippen LogP contribution in [0.5, 0.6) is 0 Å². The molecule has 0 atom stereocenters. The highest BCUT2D eigenvalue weighted by atomic mass is 35.5. The van der Waals surface area contributed by atoms with Gasteiger partial charge in [-0.05, 0) is 24.1 Å². The van der Waals surface area contributed by atoms with Gasteiger partial charge in [0.05, 0.1) is 0 Å². The molecule has 0 bridgehead atoms. The van der Waals surface area contributed by atoms with Crippen molar-refractivity contribution in [1.82, 2.24) is 10.2 Å². The van der Waals surface area contributed by atoms with Gasteiger partial charge in [0.15, 0.2) is 0 Å². The first-order chi connectivity index (χ1) is 8.15. The maximum Gasteiger partial charge on any atom is 0.316 e. The summed E-state index contributed by atoms with van der Waals surface area (Å²) in [6.45, 7) is 0.614. The monoisotopic (exact) mass is 272 g/mol. The highest BCUT2D eigenvalue weighted by Gasteiger charge is 2.03. The number of nitrogens with one attached hydrogen (secondary N) is 1. The summed E-state index contributed by atoms with van der Waals surface area (Å²) < 4.78 is 4.96. The number of benzene rings is 1. The van der Waals surface area contributed by atoms with Crippen molar-refractivity contribution in [3.05, 3.63) is 33.8 Å². The number of anilines is 2. The molecule has 1 aromatic carbocycles. The third kappa shape index (κ3) is 3.25. The van der Waals surface area contributed by atoms with E-state index in [1.807, 2.05) is 6.07 Å². The van der Waals surface area contributed by atoms with Crippen LogP contribution in [0.15, 0.2) is 22.6 Å². The van der Waals surface area contributed by atoms with Crippen molar-refractivity contribution in [3.8, 4) is 0 Å². The number of halogens is 2. The summed E-state index contributed by atoms with van der Waals surface area (Å²) in [5.74, 6) is 0. The Labute approximate surface area is 108 Å². The Bertz CT molecular complexity index is 515. The van der Waals surface area contributed by atoms with E-state index in [4.69, 9.17) is 33.4 Å². The fourth-order valence-corrected chi connectivity index (χ4v) is 1.84.